The van der Waals surface area contributed by atoms with E-state index in [1.165, 1.54) is 64.1 Å². The van der Waals surface area contributed by atoms with E-state index in [0.29, 0.717) is 52.2 Å². The number of hydrogen-bond donors (Lipinski definition) is 2. The van der Waals surface area contributed by atoms with E-state index < -0.39 is 18.1 Å². The van der Waals surface area contributed by atoms with Crippen LogP contribution in [0.15, 0.2) is 60.9 Å². The second-order valence-corrected chi connectivity index (χ2v) is 15.0. The zero-order valence-corrected chi connectivity index (χ0v) is 33.9. The highest BCUT2D eigenvalue weighted by molar-refractivity contribution is 7.99. The van der Waals surface area contributed by atoms with E-state index in [-0.39, 0.29) is 18.2 Å². The third-order valence-corrected chi connectivity index (χ3v) is 10.7. The fourth-order valence-corrected chi connectivity index (χ4v) is 7.54. The standard InChI is InChI=1S/C43H61N5O6S/c1-4-7-9-11-12-13-14-15-16-19-28-47(43(51)48-32-45-41(46-48)42(50)53-29-31-55-30-20-10-8-5-2)37-24-21-23-34-33(37)26-27-36(39(34)49)40(54-44)35-22-17-18-25-38(35)52-6-3/h17-18,21-27,32,40,49H,4-16,19-20,28-31,44H2,1-3H3. The molecule has 1 aromatic heterocycles. The number of nitrogens with zero attached hydrogens (tertiary/aromatic N) is 4. The van der Waals surface area contributed by atoms with Gasteiger partial charge in [0.25, 0.3) is 5.82 Å². The molecule has 0 fully saturated rings. The maximum atomic E-state index is 14.2. The molecule has 3 aromatic carbocycles. The zero-order valence-electron chi connectivity index (χ0n) is 33.0. The Hall–Kier alpha value is -4.13. The van der Waals surface area contributed by atoms with Gasteiger partial charge in [0, 0.05) is 34.2 Å². The third-order valence-electron chi connectivity index (χ3n) is 9.69. The molecule has 0 spiro atoms. The molecule has 1 unspecified atom stereocenters. The number of aromatic nitrogens is 3. The minimum atomic E-state index is -0.807. The first-order valence-corrected chi connectivity index (χ1v) is 21.4. The predicted molar refractivity (Wildman–Crippen MR) is 222 cm³/mol. The Labute approximate surface area is 331 Å². The molecule has 4 aromatic rings. The number of ether oxygens (including phenoxy) is 2. The van der Waals surface area contributed by atoms with Crippen molar-refractivity contribution in [3.05, 3.63) is 77.9 Å². The molecule has 3 N–H and O–H groups in total. The molecule has 1 heterocycles. The SMILES string of the molecule is CCCCCCCCCCCCN(C(=O)n1cnc(C(=O)OCCSCCCCCC)n1)c1cccc2c(O)c(C(ON)c3ccccc3OCC)ccc12. The molecule has 1 atom stereocenters. The van der Waals surface area contributed by atoms with Crippen molar-refractivity contribution in [3.8, 4) is 11.5 Å². The van der Waals surface area contributed by atoms with Gasteiger partial charge in [-0.3, -0.25) is 9.74 Å². The van der Waals surface area contributed by atoms with E-state index in [9.17, 15) is 14.7 Å². The Balaban J connectivity index is 1.53. The van der Waals surface area contributed by atoms with Crippen LogP contribution in [0.25, 0.3) is 10.8 Å². The van der Waals surface area contributed by atoms with Crippen LogP contribution in [0.5, 0.6) is 11.5 Å². The van der Waals surface area contributed by atoms with Gasteiger partial charge in [0.15, 0.2) is 0 Å². The molecule has 0 saturated heterocycles. The molecular weight excluding hydrogens is 715 g/mol. The van der Waals surface area contributed by atoms with Gasteiger partial charge in [0.2, 0.25) is 0 Å². The summed E-state index contributed by atoms with van der Waals surface area (Å²) < 4.78 is 12.3. The van der Waals surface area contributed by atoms with Crippen molar-refractivity contribution in [2.75, 3.05) is 36.2 Å². The number of esters is 1. The number of aromatic hydroxyl groups is 1. The first-order chi connectivity index (χ1) is 26.9. The second-order valence-electron chi connectivity index (χ2n) is 13.8. The lowest BCUT2D eigenvalue weighted by atomic mass is 9.95. The summed E-state index contributed by atoms with van der Waals surface area (Å²) in [5, 5.41) is 17.1. The Kier molecular flexibility index (Phi) is 19.3. The summed E-state index contributed by atoms with van der Waals surface area (Å²) >= 11 is 1.76. The van der Waals surface area contributed by atoms with Gasteiger partial charge in [0.1, 0.15) is 30.5 Å². The molecule has 1 amide bonds. The summed E-state index contributed by atoms with van der Waals surface area (Å²) in [5.41, 5.74) is 1.73. The van der Waals surface area contributed by atoms with Crippen molar-refractivity contribution in [3.63, 3.8) is 0 Å². The van der Waals surface area contributed by atoms with E-state index in [1.807, 2.05) is 43.3 Å². The number of para-hydroxylation sites is 1. The topological polar surface area (TPSA) is 142 Å². The van der Waals surface area contributed by atoms with Crippen molar-refractivity contribution < 1.29 is 29.0 Å². The van der Waals surface area contributed by atoms with Gasteiger partial charge >= 0.3 is 12.0 Å². The molecule has 12 heteroatoms. The van der Waals surface area contributed by atoms with Crippen molar-refractivity contribution in [2.24, 2.45) is 5.90 Å². The number of nitrogens with two attached hydrogens (primary N) is 1. The number of fused-ring (bicyclic) bond motifs is 1. The van der Waals surface area contributed by atoms with Crippen LogP contribution in [0, 0.1) is 0 Å². The highest BCUT2D eigenvalue weighted by Gasteiger charge is 2.26. The Morgan fingerprint density at radius 3 is 2.20 bits per heavy atom. The van der Waals surface area contributed by atoms with Gasteiger partial charge in [-0.25, -0.2) is 20.5 Å². The minimum absolute atomic E-state index is 0.0163. The highest BCUT2D eigenvalue weighted by Crippen LogP contribution is 2.42. The maximum Gasteiger partial charge on any atom is 0.378 e. The largest absolute Gasteiger partial charge is 0.507 e. The van der Waals surface area contributed by atoms with E-state index in [0.717, 1.165) is 42.5 Å². The number of thioether (sulfide) groups is 1. The smallest absolute Gasteiger partial charge is 0.378 e. The van der Waals surface area contributed by atoms with E-state index >= 15 is 0 Å². The lowest BCUT2D eigenvalue weighted by Crippen LogP contribution is -2.36. The molecule has 55 heavy (non-hydrogen) atoms. The summed E-state index contributed by atoms with van der Waals surface area (Å²) in [5.74, 6) is 7.32. The van der Waals surface area contributed by atoms with E-state index in [1.54, 1.807) is 34.9 Å². The molecular formula is C43H61N5O6S. The van der Waals surface area contributed by atoms with E-state index in [2.05, 4.69) is 23.9 Å². The fraction of sp³-hybridized carbons (Fsp3) is 0.535. The molecule has 0 radical (unpaired) electrons. The van der Waals surface area contributed by atoms with Crippen LogP contribution in [0.1, 0.15) is 139 Å². The van der Waals surface area contributed by atoms with Gasteiger partial charge in [-0.15, -0.1) is 5.10 Å². The highest BCUT2D eigenvalue weighted by atomic mass is 32.2. The first kappa shape index (κ1) is 43.6. The Morgan fingerprint density at radius 1 is 0.800 bits per heavy atom. The third kappa shape index (κ3) is 13.0. The monoisotopic (exact) mass is 775 g/mol. The number of unbranched alkanes of at least 4 members (excludes halogenated alkanes) is 12. The van der Waals surface area contributed by atoms with Crippen LogP contribution in [-0.4, -0.2) is 63.1 Å². The molecule has 0 aliphatic carbocycles. The molecule has 300 valence electrons. The molecule has 0 saturated carbocycles. The Morgan fingerprint density at radius 2 is 1.49 bits per heavy atom. The van der Waals surface area contributed by atoms with Gasteiger partial charge in [-0.05, 0) is 37.7 Å². The van der Waals surface area contributed by atoms with Crippen LogP contribution in [0.4, 0.5) is 10.5 Å². The maximum absolute atomic E-state index is 14.2. The van der Waals surface area contributed by atoms with Gasteiger partial charge in [0.05, 0.1) is 12.3 Å². The zero-order chi connectivity index (χ0) is 39.3. The summed E-state index contributed by atoms with van der Waals surface area (Å²) in [6.45, 7) is 7.43. The van der Waals surface area contributed by atoms with Crippen molar-refractivity contribution >= 4 is 40.2 Å². The number of benzene rings is 3. The number of anilines is 1. The number of hydrogen-bond acceptors (Lipinski definition) is 10. The van der Waals surface area contributed by atoms with Gasteiger partial charge in [-0.2, -0.15) is 16.4 Å². The molecule has 0 aliphatic rings. The molecule has 0 bridgehead atoms. The van der Waals surface area contributed by atoms with Crippen LogP contribution >= 0.6 is 11.8 Å². The van der Waals surface area contributed by atoms with Crippen LogP contribution < -0.4 is 15.5 Å². The summed E-state index contributed by atoms with van der Waals surface area (Å²) in [4.78, 5) is 38.3. The summed E-state index contributed by atoms with van der Waals surface area (Å²) in [7, 11) is 0. The second kappa shape index (κ2) is 24.4. The molecule has 0 aliphatic heterocycles. The average molecular weight is 776 g/mol. The summed E-state index contributed by atoms with van der Waals surface area (Å²) in [6.07, 6.45) is 16.8. The number of carbonyl (C=O) groups is 2. The molecule has 4 rings (SSSR count). The van der Waals surface area contributed by atoms with Crippen LogP contribution in [0.3, 0.4) is 0 Å². The number of phenols is 1. The average Bonchev–Trinajstić information content (AvgIpc) is 3.70. The van der Waals surface area contributed by atoms with Crippen molar-refractivity contribution in [1.29, 1.82) is 0 Å². The van der Waals surface area contributed by atoms with Crippen LogP contribution in [-0.2, 0) is 9.57 Å². The Bertz CT molecular complexity index is 1750. The van der Waals surface area contributed by atoms with Crippen molar-refractivity contribution in [2.45, 2.75) is 117 Å². The van der Waals surface area contributed by atoms with Gasteiger partial charge < -0.3 is 14.6 Å². The normalized spacial score (nSPS) is 11.9. The first-order valence-electron chi connectivity index (χ1n) is 20.2. The number of carbonyl (C=O) groups excluding carboxylic acids is 2. The predicted octanol–water partition coefficient (Wildman–Crippen LogP) is 10.4. The van der Waals surface area contributed by atoms with E-state index in [4.69, 9.17) is 20.2 Å². The molecule has 11 nitrogen and oxygen atoms in total. The summed E-state index contributed by atoms with van der Waals surface area (Å²) in [6, 6.07) is 16.0. The van der Waals surface area contributed by atoms with Gasteiger partial charge in [-0.1, -0.05) is 133 Å². The number of phenolic OH excluding ortho intramolecular Hbond substituents is 1. The number of amides is 1. The van der Waals surface area contributed by atoms with Crippen molar-refractivity contribution in [1.82, 2.24) is 14.8 Å². The van der Waals surface area contributed by atoms with Crippen LogP contribution in [0.2, 0.25) is 0 Å². The fourth-order valence-electron chi connectivity index (χ4n) is 6.73. The quantitative estimate of drug-likeness (QED) is 0.0359. The lowest BCUT2D eigenvalue weighted by molar-refractivity contribution is 0.0516. The minimum Gasteiger partial charge on any atom is -0.507 e. The number of rotatable bonds is 26. The lowest BCUT2D eigenvalue weighted by Gasteiger charge is -2.25.